The van der Waals surface area contributed by atoms with Gasteiger partial charge in [-0.05, 0) is 42.8 Å². The molecule has 0 saturated heterocycles. The number of nitro groups is 1. The van der Waals surface area contributed by atoms with Gasteiger partial charge in [-0.2, -0.15) is 0 Å². The van der Waals surface area contributed by atoms with E-state index in [2.05, 4.69) is 10.6 Å². The summed E-state index contributed by atoms with van der Waals surface area (Å²) < 4.78 is 16.5. The highest BCUT2D eigenvalue weighted by molar-refractivity contribution is 5.98. The Hall–Kier alpha value is -4.27. The molecule has 0 radical (unpaired) electrons. The minimum atomic E-state index is -0.625. The number of rotatable bonds is 8. The Labute approximate surface area is 184 Å². The van der Waals surface area contributed by atoms with Crippen molar-refractivity contribution >= 4 is 23.0 Å². The van der Waals surface area contributed by atoms with Gasteiger partial charge in [0.2, 0.25) is 12.7 Å². The van der Waals surface area contributed by atoms with Gasteiger partial charge in [-0.3, -0.25) is 14.9 Å². The first kappa shape index (κ1) is 21.0. The average Bonchev–Trinajstić information content (AvgIpc) is 3.26. The van der Waals surface area contributed by atoms with Crippen LogP contribution >= 0.6 is 0 Å². The summed E-state index contributed by atoms with van der Waals surface area (Å²) in [5.41, 5.74) is 1.62. The first-order chi connectivity index (χ1) is 15.5. The number of nitrogens with one attached hydrogen (secondary N) is 2. The number of benzene rings is 3. The molecule has 1 atom stereocenters. The average molecular weight is 435 g/mol. The van der Waals surface area contributed by atoms with Gasteiger partial charge in [0.1, 0.15) is 24.1 Å². The molecule has 1 aliphatic heterocycles. The number of ether oxygens (including phenoxy) is 3. The normalized spacial score (nSPS) is 12.7. The SMILES string of the molecule is CC(Nc1cccc(COc2ccc3c(c2)OCO3)c1)C(=O)Nc1ccccc1[N+](=O)[O-]. The number of carbonyl (C=O) groups is 1. The van der Waals surface area contributed by atoms with Crippen LogP contribution in [-0.4, -0.2) is 23.7 Å². The highest BCUT2D eigenvalue weighted by atomic mass is 16.7. The number of nitro benzene ring substituents is 1. The molecule has 4 rings (SSSR count). The van der Waals surface area contributed by atoms with E-state index in [0.29, 0.717) is 23.9 Å². The van der Waals surface area contributed by atoms with E-state index in [1.807, 2.05) is 30.3 Å². The van der Waals surface area contributed by atoms with Crippen LogP contribution in [0.3, 0.4) is 0 Å². The van der Waals surface area contributed by atoms with Crippen molar-refractivity contribution in [3.05, 3.63) is 82.4 Å². The Morgan fingerprint density at radius 3 is 2.75 bits per heavy atom. The predicted octanol–water partition coefficient (Wildman–Crippen LogP) is 4.34. The fourth-order valence-corrected chi connectivity index (χ4v) is 3.18. The van der Waals surface area contributed by atoms with Crippen LogP contribution in [0, 0.1) is 10.1 Å². The molecule has 0 aliphatic carbocycles. The molecule has 9 nitrogen and oxygen atoms in total. The second kappa shape index (κ2) is 9.25. The van der Waals surface area contributed by atoms with Crippen LogP contribution in [-0.2, 0) is 11.4 Å². The van der Waals surface area contributed by atoms with E-state index in [4.69, 9.17) is 14.2 Å². The third-order valence-electron chi connectivity index (χ3n) is 4.81. The van der Waals surface area contributed by atoms with Crippen LogP contribution in [0.5, 0.6) is 17.2 Å². The summed E-state index contributed by atoms with van der Waals surface area (Å²) in [5.74, 6) is 1.61. The minimum absolute atomic E-state index is 0.155. The first-order valence-corrected chi connectivity index (χ1v) is 9.92. The molecule has 3 aromatic carbocycles. The highest BCUT2D eigenvalue weighted by Crippen LogP contribution is 2.35. The van der Waals surface area contributed by atoms with Gasteiger partial charge in [0.25, 0.3) is 5.69 Å². The van der Waals surface area contributed by atoms with Gasteiger partial charge in [0.15, 0.2) is 11.5 Å². The van der Waals surface area contributed by atoms with Crippen LogP contribution in [0.1, 0.15) is 12.5 Å². The maximum absolute atomic E-state index is 12.5. The maximum atomic E-state index is 12.5. The Morgan fingerprint density at radius 2 is 1.91 bits per heavy atom. The van der Waals surface area contributed by atoms with Crippen molar-refractivity contribution in [1.82, 2.24) is 0 Å². The summed E-state index contributed by atoms with van der Waals surface area (Å²) >= 11 is 0. The molecule has 1 amide bonds. The van der Waals surface area contributed by atoms with E-state index in [1.165, 1.54) is 12.1 Å². The third-order valence-corrected chi connectivity index (χ3v) is 4.81. The number of hydrogen-bond donors (Lipinski definition) is 2. The topological polar surface area (TPSA) is 112 Å². The number of hydrogen-bond acceptors (Lipinski definition) is 7. The quantitative estimate of drug-likeness (QED) is 0.400. The molecular weight excluding hydrogens is 414 g/mol. The molecule has 9 heteroatoms. The molecular formula is C23H21N3O6. The van der Waals surface area contributed by atoms with Crippen LogP contribution in [0.4, 0.5) is 17.1 Å². The molecule has 32 heavy (non-hydrogen) atoms. The van der Waals surface area contributed by atoms with E-state index in [0.717, 1.165) is 11.3 Å². The van der Waals surface area contributed by atoms with Crippen LogP contribution in [0.15, 0.2) is 66.7 Å². The standard InChI is InChI=1S/C23H21N3O6/c1-15(23(27)25-19-7-2-3-8-20(19)26(28)29)24-17-6-4-5-16(11-17)13-30-18-9-10-21-22(12-18)32-14-31-21/h2-12,15,24H,13-14H2,1H3,(H,25,27). The first-order valence-electron chi connectivity index (χ1n) is 9.92. The molecule has 0 aromatic heterocycles. The van der Waals surface area contributed by atoms with E-state index in [-0.39, 0.29) is 24.1 Å². The lowest BCUT2D eigenvalue weighted by Crippen LogP contribution is -2.32. The molecule has 0 saturated carbocycles. The minimum Gasteiger partial charge on any atom is -0.489 e. The second-order valence-corrected chi connectivity index (χ2v) is 7.13. The van der Waals surface area contributed by atoms with Crippen molar-refractivity contribution in [1.29, 1.82) is 0 Å². The number of nitrogens with zero attached hydrogens (tertiary/aromatic N) is 1. The Morgan fingerprint density at radius 1 is 1.09 bits per heavy atom. The van der Waals surface area contributed by atoms with Crippen molar-refractivity contribution in [3.8, 4) is 17.2 Å². The van der Waals surface area contributed by atoms with Crippen molar-refractivity contribution in [2.75, 3.05) is 17.4 Å². The summed E-state index contributed by atoms with van der Waals surface area (Å²) in [6, 6.07) is 18.3. The molecule has 1 unspecified atom stereocenters. The molecule has 3 aromatic rings. The summed E-state index contributed by atoms with van der Waals surface area (Å²) in [7, 11) is 0. The fraction of sp³-hybridized carbons (Fsp3) is 0.174. The van der Waals surface area contributed by atoms with Crippen molar-refractivity contribution < 1.29 is 23.9 Å². The summed E-state index contributed by atoms with van der Waals surface area (Å²) in [4.78, 5) is 23.1. The number of amides is 1. The molecule has 0 spiro atoms. The van der Waals surface area contributed by atoms with Crippen LogP contribution in [0.2, 0.25) is 0 Å². The smallest absolute Gasteiger partial charge is 0.292 e. The van der Waals surface area contributed by atoms with Crippen molar-refractivity contribution in [3.63, 3.8) is 0 Å². The zero-order valence-corrected chi connectivity index (χ0v) is 17.2. The largest absolute Gasteiger partial charge is 0.489 e. The highest BCUT2D eigenvalue weighted by Gasteiger charge is 2.19. The number of carbonyl (C=O) groups excluding carboxylic acids is 1. The van der Waals surface area contributed by atoms with Crippen LogP contribution in [0.25, 0.3) is 0 Å². The Balaban J connectivity index is 1.36. The maximum Gasteiger partial charge on any atom is 0.292 e. The summed E-state index contributed by atoms with van der Waals surface area (Å²) in [5, 5.41) is 16.8. The Bertz CT molecular complexity index is 1150. The summed E-state index contributed by atoms with van der Waals surface area (Å²) in [6.45, 7) is 2.21. The number of fused-ring (bicyclic) bond motifs is 1. The van der Waals surface area contributed by atoms with Gasteiger partial charge in [0.05, 0.1) is 4.92 Å². The Kier molecular flexibility index (Phi) is 6.07. The van der Waals surface area contributed by atoms with E-state index in [1.54, 1.807) is 31.2 Å². The zero-order chi connectivity index (χ0) is 22.5. The van der Waals surface area contributed by atoms with E-state index >= 15 is 0 Å². The van der Waals surface area contributed by atoms with Gasteiger partial charge in [0, 0.05) is 17.8 Å². The predicted molar refractivity (Wildman–Crippen MR) is 118 cm³/mol. The zero-order valence-electron chi connectivity index (χ0n) is 17.2. The number of anilines is 2. The molecule has 0 bridgehead atoms. The molecule has 1 aliphatic rings. The molecule has 164 valence electrons. The lowest BCUT2D eigenvalue weighted by Gasteiger charge is -2.16. The molecule has 2 N–H and O–H groups in total. The van der Waals surface area contributed by atoms with Gasteiger partial charge < -0.3 is 24.8 Å². The third kappa shape index (κ3) is 4.89. The van der Waals surface area contributed by atoms with Gasteiger partial charge in [-0.1, -0.05) is 24.3 Å². The van der Waals surface area contributed by atoms with Gasteiger partial charge in [-0.25, -0.2) is 0 Å². The fourth-order valence-electron chi connectivity index (χ4n) is 3.18. The van der Waals surface area contributed by atoms with E-state index < -0.39 is 11.0 Å². The van der Waals surface area contributed by atoms with Crippen molar-refractivity contribution in [2.45, 2.75) is 19.6 Å². The molecule has 0 fully saturated rings. The lowest BCUT2D eigenvalue weighted by molar-refractivity contribution is -0.383. The lowest BCUT2D eigenvalue weighted by atomic mass is 10.2. The molecule has 1 heterocycles. The second-order valence-electron chi connectivity index (χ2n) is 7.13. The van der Waals surface area contributed by atoms with E-state index in [9.17, 15) is 14.9 Å². The van der Waals surface area contributed by atoms with Gasteiger partial charge in [-0.15, -0.1) is 0 Å². The summed E-state index contributed by atoms with van der Waals surface area (Å²) in [6.07, 6.45) is 0. The monoisotopic (exact) mass is 435 g/mol. The number of para-hydroxylation sites is 2. The van der Waals surface area contributed by atoms with Gasteiger partial charge >= 0.3 is 0 Å². The van der Waals surface area contributed by atoms with Crippen LogP contribution < -0.4 is 24.8 Å². The van der Waals surface area contributed by atoms with Crippen molar-refractivity contribution in [2.24, 2.45) is 0 Å².